The summed E-state index contributed by atoms with van der Waals surface area (Å²) in [5.41, 5.74) is 2.97. The Morgan fingerprint density at radius 1 is 1.27 bits per heavy atom. The van der Waals surface area contributed by atoms with E-state index in [4.69, 9.17) is 23.2 Å². The quantitative estimate of drug-likeness (QED) is 0.225. The first kappa shape index (κ1) is 34.0. The molecule has 1 saturated heterocycles. The minimum Gasteiger partial charge on any atom is -0.362 e. The number of carbonyl (C=O) groups is 2. The molecule has 41 heavy (non-hydrogen) atoms. The Morgan fingerprint density at radius 2 is 2.05 bits per heavy atom. The third kappa shape index (κ3) is 10.6. The van der Waals surface area contributed by atoms with Gasteiger partial charge in [0.25, 0.3) is 5.91 Å². The number of alkyl halides is 1. The molecule has 4 atom stereocenters. The highest BCUT2D eigenvalue weighted by Gasteiger charge is 2.34. The predicted molar refractivity (Wildman–Crippen MR) is 171 cm³/mol. The molecule has 4 rings (SSSR count). The maximum atomic E-state index is 13.0. The molecule has 0 spiro atoms. The average molecular weight is 601 g/mol. The number of allylic oxidation sites excluding steroid dienone is 5. The summed E-state index contributed by atoms with van der Waals surface area (Å²) in [4.78, 5) is 34.1. The molecular formula is C32H43Cl2N5O2. The summed E-state index contributed by atoms with van der Waals surface area (Å²) in [5.74, 6) is 0.772. The summed E-state index contributed by atoms with van der Waals surface area (Å²) in [6.07, 6.45) is 17.4. The highest BCUT2D eigenvalue weighted by Crippen LogP contribution is 2.34. The van der Waals surface area contributed by atoms with Gasteiger partial charge in [0.1, 0.15) is 5.84 Å². The smallest absolute Gasteiger partial charge is 0.251 e. The van der Waals surface area contributed by atoms with Gasteiger partial charge in [0.2, 0.25) is 6.41 Å². The molecule has 0 bridgehead atoms. The maximum absolute atomic E-state index is 13.0. The number of likely N-dealkylation sites (tertiary alicyclic amines) is 1. The van der Waals surface area contributed by atoms with Crippen molar-refractivity contribution in [3.8, 4) is 0 Å². The van der Waals surface area contributed by atoms with E-state index >= 15 is 0 Å². The second kappa shape index (κ2) is 18.3. The van der Waals surface area contributed by atoms with Crippen molar-refractivity contribution >= 4 is 41.4 Å². The van der Waals surface area contributed by atoms with Gasteiger partial charge in [-0.25, -0.2) is 0 Å². The Hall–Kier alpha value is -3.16. The predicted octanol–water partition coefficient (Wildman–Crippen LogP) is 6.40. The molecule has 7 nitrogen and oxygen atoms in total. The number of halogens is 2. The molecule has 1 aromatic rings. The van der Waals surface area contributed by atoms with Crippen LogP contribution in [0.3, 0.4) is 0 Å². The molecule has 2 amide bonds. The molecule has 1 aliphatic carbocycles. The highest BCUT2D eigenvalue weighted by atomic mass is 35.5. The Balaban J connectivity index is 0.000000280. The number of rotatable bonds is 6. The largest absolute Gasteiger partial charge is 0.362 e. The van der Waals surface area contributed by atoms with Crippen molar-refractivity contribution in [2.24, 2.45) is 4.99 Å². The third-order valence-corrected chi connectivity index (χ3v) is 7.51. The summed E-state index contributed by atoms with van der Waals surface area (Å²) < 4.78 is 0. The maximum Gasteiger partial charge on any atom is 0.251 e. The molecule has 0 aromatic carbocycles. The molecule has 2 aliphatic heterocycles. The van der Waals surface area contributed by atoms with E-state index < -0.39 is 0 Å². The van der Waals surface area contributed by atoms with Crippen LogP contribution in [0, 0.1) is 0 Å². The fourth-order valence-corrected chi connectivity index (χ4v) is 4.95. The zero-order valence-electron chi connectivity index (χ0n) is 24.5. The first-order valence-electron chi connectivity index (χ1n) is 14.2. The van der Waals surface area contributed by atoms with E-state index in [9.17, 15) is 9.59 Å². The first-order chi connectivity index (χ1) is 19.8. The normalized spacial score (nSPS) is 24.9. The molecule has 222 valence electrons. The minimum absolute atomic E-state index is 0.0649. The number of amides is 2. The van der Waals surface area contributed by atoms with Gasteiger partial charge in [0, 0.05) is 23.3 Å². The summed E-state index contributed by atoms with van der Waals surface area (Å²) >= 11 is 12.4. The van der Waals surface area contributed by atoms with Crippen LogP contribution in [0.15, 0.2) is 88.6 Å². The Morgan fingerprint density at radius 3 is 2.73 bits per heavy atom. The van der Waals surface area contributed by atoms with Gasteiger partial charge in [0.05, 0.1) is 35.7 Å². The van der Waals surface area contributed by atoms with Crippen LogP contribution in [0.25, 0.3) is 0 Å². The highest BCUT2D eigenvalue weighted by molar-refractivity contribution is 6.31. The van der Waals surface area contributed by atoms with Crippen LogP contribution in [-0.4, -0.2) is 58.6 Å². The average Bonchev–Trinajstić information content (AvgIpc) is 3.45. The number of amidine groups is 1. The SMILES string of the molecule is C=CC1/C=C\C(Cl)=C/CN=C(C(C)NC=O)N1.CC.CC1=CC=C(C(=O)N2CCCC2c2ccccn2)C(Cl)CC1. The van der Waals surface area contributed by atoms with E-state index in [1.54, 1.807) is 24.4 Å². The van der Waals surface area contributed by atoms with Crippen molar-refractivity contribution in [2.75, 3.05) is 13.1 Å². The van der Waals surface area contributed by atoms with E-state index in [0.717, 1.165) is 43.5 Å². The summed E-state index contributed by atoms with van der Waals surface area (Å²) in [7, 11) is 0. The Labute approximate surface area is 255 Å². The van der Waals surface area contributed by atoms with E-state index in [1.165, 1.54) is 5.57 Å². The number of nitrogens with zero attached hydrogens (tertiary/aromatic N) is 3. The number of pyridine rings is 1. The fourth-order valence-electron chi connectivity index (χ4n) is 4.53. The summed E-state index contributed by atoms with van der Waals surface area (Å²) in [6, 6.07) is 5.72. The number of carbonyl (C=O) groups excluding carboxylic acids is 2. The topological polar surface area (TPSA) is 86.7 Å². The second-order valence-electron chi connectivity index (χ2n) is 9.64. The van der Waals surface area contributed by atoms with Crippen molar-refractivity contribution in [1.29, 1.82) is 0 Å². The monoisotopic (exact) mass is 599 g/mol. The minimum atomic E-state index is -0.203. The van der Waals surface area contributed by atoms with Crippen LogP contribution in [0.2, 0.25) is 0 Å². The molecule has 1 aromatic heterocycles. The lowest BCUT2D eigenvalue weighted by molar-refractivity contribution is -0.128. The lowest BCUT2D eigenvalue weighted by atomic mass is 10.1. The molecule has 2 N–H and O–H groups in total. The van der Waals surface area contributed by atoms with Crippen LogP contribution in [0.1, 0.15) is 65.1 Å². The van der Waals surface area contributed by atoms with E-state index in [2.05, 4.69) is 34.1 Å². The molecule has 9 heteroatoms. The molecule has 0 saturated carbocycles. The molecule has 3 aliphatic rings. The van der Waals surface area contributed by atoms with Crippen molar-refractivity contribution in [2.45, 2.75) is 76.9 Å². The number of aromatic nitrogens is 1. The van der Waals surface area contributed by atoms with Gasteiger partial charge < -0.3 is 15.5 Å². The molecular weight excluding hydrogens is 557 g/mol. The summed E-state index contributed by atoms with van der Waals surface area (Å²) in [5, 5.41) is 6.27. The molecule has 3 heterocycles. The molecule has 4 unspecified atom stereocenters. The molecule has 1 fully saturated rings. The van der Waals surface area contributed by atoms with Crippen LogP contribution in [-0.2, 0) is 9.59 Å². The summed E-state index contributed by atoms with van der Waals surface area (Å²) in [6.45, 7) is 12.9. The molecule has 0 radical (unpaired) electrons. The first-order valence-corrected chi connectivity index (χ1v) is 15.1. The number of nitrogens with one attached hydrogen (secondary N) is 2. The lowest BCUT2D eigenvalue weighted by Gasteiger charge is -2.26. The van der Waals surface area contributed by atoms with E-state index in [-0.39, 0.29) is 29.4 Å². The second-order valence-corrected chi connectivity index (χ2v) is 10.6. The van der Waals surface area contributed by atoms with Crippen molar-refractivity contribution < 1.29 is 9.59 Å². The number of hydrogen-bond acceptors (Lipinski definition) is 5. The van der Waals surface area contributed by atoms with Crippen molar-refractivity contribution in [1.82, 2.24) is 20.5 Å². The van der Waals surface area contributed by atoms with Gasteiger partial charge in [-0.2, -0.15) is 0 Å². The van der Waals surface area contributed by atoms with Gasteiger partial charge in [-0.05, 0) is 63.8 Å². The zero-order valence-corrected chi connectivity index (χ0v) is 26.0. The van der Waals surface area contributed by atoms with Gasteiger partial charge in [-0.1, -0.05) is 61.4 Å². The van der Waals surface area contributed by atoms with Gasteiger partial charge in [-0.15, -0.1) is 18.2 Å². The number of hydrogen-bond donors (Lipinski definition) is 2. The van der Waals surface area contributed by atoms with Crippen LogP contribution in [0.5, 0.6) is 0 Å². The van der Waals surface area contributed by atoms with Crippen molar-refractivity contribution in [3.63, 3.8) is 0 Å². The third-order valence-electron chi connectivity index (χ3n) is 6.77. The van der Waals surface area contributed by atoms with Gasteiger partial charge in [0.15, 0.2) is 0 Å². The van der Waals surface area contributed by atoms with Crippen LogP contribution in [0.4, 0.5) is 0 Å². The fraction of sp³-hybridized carbons (Fsp3) is 0.438. The van der Waals surface area contributed by atoms with Crippen molar-refractivity contribution in [3.05, 3.63) is 89.3 Å². The standard InChI is InChI=1S/C18H21ClN2O.C12H16ClN3O.C2H6/c1-13-7-9-14(15(19)10-8-13)18(22)21-12-4-6-17(21)16-5-2-3-11-20-16;1-3-11-5-4-10(13)6-7-14-12(16-11)9(2)15-8-17;1-2/h2-3,5,7,9,11,15,17H,4,6,8,10,12H2,1H3;3-6,8-9,11H,1,7H2,2H3,(H,14,16)(H,15,17);1-2H3/b;5-4-,10-6+;. The van der Waals surface area contributed by atoms with E-state index in [0.29, 0.717) is 23.8 Å². The van der Waals surface area contributed by atoms with Gasteiger partial charge >= 0.3 is 0 Å². The zero-order chi connectivity index (χ0) is 30.2. The van der Waals surface area contributed by atoms with E-state index in [1.807, 2.05) is 62.1 Å². The number of aliphatic imine (C=N–C) groups is 1. The Bertz CT molecular complexity index is 1160. The van der Waals surface area contributed by atoms with Gasteiger partial charge in [-0.3, -0.25) is 19.6 Å². The van der Waals surface area contributed by atoms with Crippen LogP contribution < -0.4 is 10.6 Å². The Kier molecular flexibility index (Phi) is 15.2. The lowest BCUT2D eigenvalue weighted by Crippen LogP contribution is -2.45. The van der Waals surface area contributed by atoms with Crippen LogP contribution >= 0.6 is 23.2 Å².